The highest BCUT2D eigenvalue weighted by Gasteiger charge is 2.33. The quantitative estimate of drug-likeness (QED) is 0.528. The molecule has 0 spiro atoms. The molecular weight excluding hydrogens is 165 g/mol. The highest BCUT2D eigenvalue weighted by molar-refractivity contribution is 5.33. The van der Waals surface area contributed by atoms with Gasteiger partial charge in [-0.1, -0.05) is 24.3 Å². The predicted molar refractivity (Wildman–Crippen MR) is 41.7 cm³/mol. The summed E-state index contributed by atoms with van der Waals surface area (Å²) in [6.07, 6.45) is 2.02. The van der Waals surface area contributed by atoms with E-state index < -0.39 is 11.7 Å². The van der Waals surface area contributed by atoms with Gasteiger partial charge in [0, 0.05) is 5.57 Å². The van der Waals surface area contributed by atoms with Gasteiger partial charge in [0.05, 0.1) is 0 Å². The van der Waals surface area contributed by atoms with E-state index >= 15 is 0 Å². The lowest BCUT2D eigenvalue weighted by atomic mass is 10.1. The van der Waals surface area contributed by atoms with Crippen LogP contribution in [0.15, 0.2) is 35.5 Å². The number of alkyl halides is 3. The van der Waals surface area contributed by atoms with E-state index in [2.05, 4.69) is 0 Å². The van der Waals surface area contributed by atoms with Crippen molar-refractivity contribution in [1.29, 1.82) is 0 Å². The molecule has 0 nitrogen and oxygen atoms in total. The Labute approximate surface area is 69.1 Å². The molecule has 0 radical (unpaired) electrons. The molecule has 0 amide bonds. The van der Waals surface area contributed by atoms with Gasteiger partial charge in [-0.05, 0) is 18.9 Å². The van der Waals surface area contributed by atoms with Crippen molar-refractivity contribution in [3.8, 4) is 0 Å². The van der Waals surface area contributed by atoms with Crippen LogP contribution in [-0.2, 0) is 0 Å². The topological polar surface area (TPSA) is 0 Å². The van der Waals surface area contributed by atoms with Gasteiger partial charge < -0.3 is 0 Å². The SMILES string of the molecule is CC1=C(C(F)(F)F)CC=CC=C1. The molecule has 0 N–H and O–H groups in total. The van der Waals surface area contributed by atoms with Crippen LogP contribution in [-0.4, -0.2) is 6.18 Å². The van der Waals surface area contributed by atoms with Crippen molar-refractivity contribution in [3.05, 3.63) is 35.5 Å². The molecule has 0 bridgehead atoms. The Morgan fingerprint density at radius 3 is 2.50 bits per heavy atom. The minimum Gasteiger partial charge on any atom is -0.166 e. The Kier molecular flexibility index (Phi) is 2.40. The zero-order valence-electron chi connectivity index (χ0n) is 6.65. The van der Waals surface area contributed by atoms with Crippen molar-refractivity contribution >= 4 is 0 Å². The fourth-order valence-corrected chi connectivity index (χ4v) is 1.07. The first-order valence-electron chi connectivity index (χ1n) is 3.62. The summed E-state index contributed by atoms with van der Waals surface area (Å²) in [6, 6.07) is 0. The number of rotatable bonds is 0. The van der Waals surface area contributed by atoms with Crippen LogP contribution in [0.4, 0.5) is 13.2 Å². The standard InChI is InChI=1S/C9H9F3/c1-7-5-3-2-4-6-8(7)9(10,11)12/h2-5H,6H2,1H3. The molecule has 0 saturated carbocycles. The van der Waals surface area contributed by atoms with Crippen molar-refractivity contribution < 1.29 is 13.2 Å². The summed E-state index contributed by atoms with van der Waals surface area (Å²) in [5.74, 6) is 0. The molecule has 1 rings (SSSR count). The lowest BCUT2D eigenvalue weighted by Crippen LogP contribution is -2.12. The molecule has 66 valence electrons. The van der Waals surface area contributed by atoms with Crippen LogP contribution in [0.3, 0.4) is 0 Å². The van der Waals surface area contributed by atoms with Gasteiger partial charge in [-0.15, -0.1) is 0 Å². The molecule has 0 saturated heterocycles. The van der Waals surface area contributed by atoms with E-state index in [0.29, 0.717) is 5.57 Å². The third-order valence-corrected chi connectivity index (χ3v) is 1.73. The maximum Gasteiger partial charge on any atom is 0.413 e. The van der Waals surface area contributed by atoms with Crippen LogP contribution in [0.5, 0.6) is 0 Å². The zero-order valence-corrected chi connectivity index (χ0v) is 6.65. The fraction of sp³-hybridized carbons (Fsp3) is 0.333. The second-order valence-corrected chi connectivity index (χ2v) is 2.65. The number of hydrogen-bond acceptors (Lipinski definition) is 0. The van der Waals surface area contributed by atoms with Crippen LogP contribution >= 0.6 is 0 Å². The largest absolute Gasteiger partial charge is 0.413 e. The monoisotopic (exact) mass is 174 g/mol. The van der Waals surface area contributed by atoms with Gasteiger partial charge in [0.1, 0.15) is 0 Å². The Morgan fingerprint density at radius 2 is 1.92 bits per heavy atom. The Hall–Kier alpha value is -0.990. The number of hydrogen-bond donors (Lipinski definition) is 0. The molecule has 1 aliphatic carbocycles. The summed E-state index contributed by atoms with van der Waals surface area (Å²) in [7, 11) is 0. The summed E-state index contributed by atoms with van der Waals surface area (Å²) in [5.41, 5.74) is -0.153. The molecule has 0 aromatic carbocycles. The smallest absolute Gasteiger partial charge is 0.166 e. The van der Waals surface area contributed by atoms with E-state index in [0.717, 1.165) is 0 Å². The van der Waals surface area contributed by atoms with Crippen LogP contribution in [0, 0.1) is 0 Å². The maximum atomic E-state index is 12.2. The molecule has 0 atom stereocenters. The number of allylic oxidation sites excluding steroid dienone is 6. The van der Waals surface area contributed by atoms with E-state index in [-0.39, 0.29) is 6.42 Å². The van der Waals surface area contributed by atoms with Gasteiger partial charge in [0.2, 0.25) is 0 Å². The van der Waals surface area contributed by atoms with E-state index in [1.807, 2.05) is 0 Å². The van der Waals surface area contributed by atoms with E-state index in [4.69, 9.17) is 0 Å². The van der Waals surface area contributed by atoms with E-state index in [1.54, 1.807) is 12.2 Å². The Balaban J connectivity index is 3.01. The maximum absolute atomic E-state index is 12.2. The normalized spacial score (nSPS) is 18.3. The van der Waals surface area contributed by atoms with Crippen molar-refractivity contribution in [2.75, 3.05) is 0 Å². The van der Waals surface area contributed by atoms with Crippen LogP contribution < -0.4 is 0 Å². The van der Waals surface area contributed by atoms with Gasteiger partial charge in [-0.2, -0.15) is 13.2 Å². The summed E-state index contributed by atoms with van der Waals surface area (Å²) < 4.78 is 36.7. The average molecular weight is 174 g/mol. The number of halogens is 3. The first-order chi connectivity index (χ1) is 5.52. The molecular formula is C9H9F3. The predicted octanol–water partition coefficient (Wildman–Crippen LogP) is 3.38. The van der Waals surface area contributed by atoms with E-state index in [9.17, 15) is 13.2 Å². The minimum atomic E-state index is -4.19. The Morgan fingerprint density at radius 1 is 1.25 bits per heavy atom. The summed E-state index contributed by atoms with van der Waals surface area (Å²) >= 11 is 0. The van der Waals surface area contributed by atoms with Crippen molar-refractivity contribution in [2.24, 2.45) is 0 Å². The van der Waals surface area contributed by atoms with Gasteiger partial charge in [-0.3, -0.25) is 0 Å². The van der Waals surface area contributed by atoms with Gasteiger partial charge in [0.15, 0.2) is 0 Å². The highest BCUT2D eigenvalue weighted by Crippen LogP contribution is 2.32. The summed E-state index contributed by atoms with van der Waals surface area (Å²) in [5, 5.41) is 0. The van der Waals surface area contributed by atoms with Crippen molar-refractivity contribution in [2.45, 2.75) is 19.5 Å². The second kappa shape index (κ2) is 3.17. The van der Waals surface area contributed by atoms with Gasteiger partial charge in [-0.25, -0.2) is 0 Å². The molecule has 0 aromatic rings. The fourth-order valence-electron chi connectivity index (χ4n) is 1.07. The molecule has 0 heterocycles. The lowest BCUT2D eigenvalue weighted by Gasteiger charge is -2.10. The summed E-state index contributed by atoms with van der Waals surface area (Å²) in [6.45, 7) is 1.48. The highest BCUT2D eigenvalue weighted by atomic mass is 19.4. The third-order valence-electron chi connectivity index (χ3n) is 1.73. The molecule has 0 aromatic heterocycles. The second-order valence-electron chi connectivity index (χ2n) is 2.65. The zero-order chi connectivity index (χ0) is 9.19. The molecule has 1 aliphatic rings. The molecule has 3 heteroatoms. The third kappa shape index (κ3) is 2.00. The lowest BCUT2D eigenvalue weighted by molar-refractivity contribution is -0.0935. The molecule has 0 fully saturated rings. The minimum absolute atomic E-state index is 0.0255. The van der Waals surface area contributed by atoms with Crippen LogP contribution in [0.2, 0.25) is 0 Å². The van der Waals surface area contributed by atoms with Crippen LogP contribution in [0.25, 0.3) is 0 Å². The van der Waals surface area contributed by atoms with Gasteiger partial charge in [0.25, 0.3) is 0 Å². The van der Waals surface area contributed by atoms with Crippen LogP contribution in [0.1, 0.15) is 13.3 Å². The Bertz CT molecular complexity index is 253. The van der Waals surface area contributed by atoms with E-state index in [1.165, 1.54) is 19.1 Å². The molecule has 0 unspecified atom stereocenters. The van der Waals surface area contributed by atoms with Crippen molar-refractivity contribution in [3.63, 3.8) is 0 Å². The molecule has 12 heavy (non-hydrogen) atoms. The first-order valence-corrected chi connectivity index (χ1v) is 3.62. The average Bonchev–Trinajstić information content (AvgIpc) is 2.11. The first kappa shape index (κ1) is 9.10. The van der Waals surface area contributed by atoms with Crippen molar-refractivity contribution in [1.82, 2.24) is 0 Å². The summed E-state index contributed by atoms with van der Waals surface area (Å²) in [4.78, 5) is 0. The molecule has 0 aliphatic heterocycles. The van der Waals surface area contributed by atoms with Gasteiger partial charge >= 0.3 is 6.18 Å².